The molecule has 6 heteroatoms. The first-order valence-corrected chi connectivity index (χ1v) is 4.85. The highest BCUT2D eigenvalue weighted by atomic mass is 19.4. The van der Waals surface area contributed by atoms with Crippen LogP contribution in [0.2, 0.25) is 0 Å². The first kappa shape index (κ1) is 14.1. The Morgan fingerprint density at radius 2 is 2.06 bits per heavy atom. The van der Waals surface area contributed by atoms with E-state index in [0.717, 1.165) is 19.1 Å². The van der Waals surface area contributed by atoms with Gasteiger partial charge in [-0.05, 0) is 31.0 Å². The van der Waals surface area contributed by atoms with Gasteiger partial charge >= 0.3 is 6.18 Å². The molecule has 96 valence electrons. The number of aliphatic hydroxyl groups is 1. The average molecular weight is 257 g/mol. The second kappa shape index (κ2) is 4.70. The molecule has 0 fully saturated rings. The molecule has 0 aromatic heterocycles. The summed E-state index contributed by atoms with van der Waals surface area (Å²) >= 11 is 0. The molecule has 0 aliphatic rings. The van der Waals surface area contributed by atoms with Crippen molar-refractivity contribution >= 4 is 5.91 Å². The summed E-state index contributed by atoms with van der Waals surface area (Å²) in [6.45, 7) is 1.14. The summed E-state index contributed by atoms with van der Waals surface area (Å²) in [4.78, 5) is 11.6. The van der Waals surface area contributed by atoms with Crippen molar-refractivity contribution < 1.29 is 23.1 Å². The number of alkyl halides is 3. The molecule has 0 heterocycles. The minimum Gasteiger partial charge on any atom is -0.361 e. The second-order valence-corrected chi connectivity index (χ2v) is 3.75. The van der Waals surface area contributed by atoms with E-state index < -0.39 is 23.4 Å². The minimum atomic E-state index is -4.54. The van der Waals surface area contributed by atoms with Gasteiger partial charge in [0.2, 0.25) is 0 Å². The Morgan fingerprint density at radius 1 is 1.44 bits per heavy atom. The van der Waals surface area contributed by atoms with Crippen molar-refractivity contribution in [2.24, 2.45) is 0 Å². The van der Waals surface area contributed by atoms with Crippen LogP contribution in [0, 0.1) is 12.3 Å². The van der Waals surface area contributed by atoms with E-state index in [1.165, 1.54) is 6.07 Å². The third-order valence-electron chi connectivity index (χ3n) is 2.09. The zero-order chi connectivity index (χ0) is 14.0. The molecule has 0 aliphatic carbocycles. The number of hydrogen-bond donors (Lipinski definition) is 2. The lowest BCUT2D eigenvalue weighted by atomic mass is 10.1. The number of hydrogen-bond acceptors (Lipinski definition) is 2. The zero-order valence-corrected chi connectivity index (χ0v) is 9.38. The Hall–Kier alpha value is -2.00. The van der Waals surface area contributed by atoms with E-state index in [-0.39, 0.29) is 5.56 Å². The number of carbonyl (C=O) groups is 1. The third kappa shape index (κ3) is 3.50. The van der Waals surface area contributed by atoms with Gasteiger partial charge in [0.15, 0.2) is 5.72 Å². The van der Waals surface area contributed by atoms with Gasteiger partial charge in [-0.2, -0.15) is 13.2 Å². The van der Waals surface area contributed by atoms with Gasteiger partial charge in [-0.3, -0.25) is 4.79 Å². The van der Waals surface area contributed by atoms with Crippen LogP contribution in [-0.2, 0) is 6.18 Å². The summed E-state index contributed by atoms with van der Waals surface area (Å²) in [7, 11) is 0. The molecule has 0 saturated carbocycles. The fourth-order valence-corrected chi connectivity index (χ4v) is 1.17. The van der Waals surface area contributed by atoms with Crippen LogP contribution in [-0.4, -0.2) is 16.7 Å². The van der Waals surface area contributed by atoms with E-state index in [4.69, 9.17) is 6.42 Å². The van der Waals surface area contributed by atoms with E-state index in [2.05, 4.69) is 0 Å². The van der Waals surface area contributed by atoms with E-state index in [1.807, 2.05) is 11.2 Å². The molecule has 1 aromatic rings. The summed E-state index contributed by atoms with van der Waals surface area (Å²) in [5.41, 5.74) is -3.10. The summed E-state index contributed by atoms with van der Waals surface area (Å²) in [5.74, 6) is 1.00. The van der Waals surface area contributed by atoms with Crippen molar-refractivity contribution in [1.29, 1.82) is 0 Å². The molecule has 0 spiro atoms. The van der Waals surface area contributed by atoms with Crippen LogP contribution in [0.25, 0.3) is 0 Å². The van der Waals surface area contributed by atoms with Crippen LogP contribution < -0.4 is 5.32 Å². The second-order valence-electron chi connectivity index (χ2n) is 3.75. The number of terminal acetylenes is 1. The highest BCUT2D eigenvalue weighted by molar-refractivity contribution is 5.95. The van der Waals surface area contributed by atoms with Crippen LogP contribution in [0.5, 0.6) is 0 Å². The number of benzene rings is 1. The number of nitrogens with one attached hydrogen (secondary N) is 1. The third-order valence-corrected chi connectivity index (χ3v) is 2.09. The van der Waals surface area contributed by atoms with Gasteiger partial charge in [0.25, 0.3) is 5.91 Å². The zero-order valence-electron chi connectivity index (χ0n) is 9.38. The van der Waals surface area contributed by atoms with Gasteiger partial charge in [-0.25, -0.2) is 0 Å². The Labute approximate surface area is 102 Å². The number of halogens is 3. The molecule has 2 N–H and O–H groups in total. The maximum absolute atomic E-state index is 12.4. The highest BCUT2D eigenvalue weighted by Crippen LogP contribution is 2.29. The molecule has 1 rings (SSSR count). The Bertz CT molecular complexity index is 501. The van der Waals surface area contributed by atoms with Crippen molar-refractivity contribution in [1.82, 2.24) is 5.32 Å². The minimum absolute atomic E-state index is 0.236. The van der Waals surface area contributed by atoms with Gasteiger partial charge in [-0.1, -0.05) is 6.07 Å². The van der Waals surface area contributed by atoms with Crippen molar-refractivity contribution in [2.45, 2.75) is 18.8 Å². The highest BCUT2D eigenvalue weighted by Gasteiger charge is 2.31. The average Bonchev–Trinajstić information content (AvgIpc) is 2.27. The fourth-order valence-electron chi connectivity index (χ4n) is 1.17. The first-order valence-electron chi connectivity index (χ1n) is 4.85. The number of carbonyl (C=O) groups excluding carboxylic acids is 1. The number of rotatable bonds is 2. The van der Waals surface area contributed by atoms with Gasteiger partial charge in [0.05, 0.1) is 5.56 Å². The molecule has 3 nitrogen and oxygen atoms in total. The lowest BCUT2D eigenvalue weighted by molar-refractivity contribution is -0.137. The molecular weight excluding hydrogens is 247 g/mol. The molecule has 0 bridgehead atoms. The summed E-state index contributed by atoms with van der Waals surface area (Å²) in [6.07, 6.45) is 0.400. The van der Waals surface area contributed by atoms with Gasteiger partial charge in [-0.15, -0.1) is 6.42 Å². The Balaban J connectivity index is 2.99. The predicted octanol–water partition coefficient (Wildman–Crippen LogP) is 1.78. The molecule has 1 atom stereocenters. The molecule has 0 aliphatic heterocycles. The quantitative estimate of drug-likeness (QED) is 0.626. The van der Waals surface area contributed by atoms with Crippen LogP contribution in [0.4, 0.5) is 13.2 Å². The van der Waals surface area contributed by atoms with Crippen LogP contribution in [0.3, 0.4) is 0 Å². The van der Waals surface area contributed by atoms with Crippen molar-refractivity contribution in [2.75, 3.05) is 0 Å². The van der Waals surface area contributed by atoms with E-state index in [1.54, 1.807) is 0 Å². The van der Waals surface area contributed by atoms with Gasteiger partial charge in [0, 0.05) is 5.56 Å². The van der Waals surface area contributed by atoms with Crippen LogP contribution >= 0.6 is 0 Å². The topological polar surface area (TPSA) is 49.3 Å². The monoisotopic (exact) mass is 257 g/mol. The van der Waals surface area contributed by atoms with Crippen molar-refractivity contribution in [3.05, 3.63) is 35.4 Å². The maximum atomic E-state index is 12.4. The molecule has 18 heavy (non-hydrogen) atoms. The summed E-state index contributed by atoms with van der Waals surface area (Å²) in [6, 6.07) is 3.82. The molecule has 1 aromatic carbocycles. The SMILES string of the molecule is C#CC(C)(O)NC(=O)c1cccc(C(F)(F)F)c1. The largest absolute Gasteiger partial charge is 0.416 e. The smallest absolute Gasteiger partial charge is 0.361 e. The molecular formula is C12H10F3NO2. The summed E-state index contributed by atoms with van der Waals surface area (Å²) < 4.78 is 37.3. The van der Waals surface area contributed by atoms with Crippen molar-refractivity contribution in [3.8, 4) is 12.3 Å². The summed E-state index contributed by atoms with van der Waals surface area (Å²) in [5, 5.41) is 11.4. The molecule has 0 saturated heterocycles. The fraction of sp³-hybridized carbons (Fsp3) is 0.250. The van der Waals surface area contributed by atoms with Crippen LogP contribution in [0.1, 0.15) is 22.8 Å². The van der Waals surface area contributed by atoms with Crippen LogP contribution in [0.15, 0.2) is 24.3 Å². The van der Waals surface area contributed by atoms with Gasteiger partial charge < -0.3 is 10.4 Å². The molecule has 1 unspecified atom stereocenters. The Kier molecular flexibility index (Phi) is 3.67. The maximum Gasteiger partial charge on any atom is 0.416 e. The Morgan fingerprint density at radius 3 is 2.56 bits per heavy atom. The number of amides is 1. The van der Waals surface area contributed by atoms with Gasteiger partial charge in [0.1, 0.15) is 0 Å². The molecule has 0 radical (unpaired) electrons. The molecule has 1 amide bonds. The first-order chi connectivity index (χ1) is 8.15. The lowest BCUT2D eigenvalue weighted by Crippen LogP contribution is -2.44. The lowest BCUT2D eigenvalue weighted by Gasteiger charge is -2.18. The predicted molar refractivity (Wildman–Crippen MR) is 58.4 cm³/mol. The van der Waals surface area contributed by atoms with E-state index in [0.29, 0.717) is 6.07 Å². The van der Waals surface area contributed by atoms with E-state index >= 15 is 0 Å². The van der Waals surface area contributed by atoms with E-state index in [9.17, 15) is 23.1 Å². The standard InChI is InChI=1S/C12H10F3NO2/c1-3-11(2,18)16-10(17)8-5-4-6-9(7-8)12(13,14)15/h1,4-7,18H,2H3,(H,16,17). The normalized spacial score (nSPS) is 14.4. The van der Waals surface area contributed by atoms with Crippen molar-refractivity contribution in [3.63, 3.8) is 0 Å².